The van der Waals surface area contributed by atoms with E-state index in [9.17, 15) is 0 Å². The molecule has 8 aromatic rings. The normalized spacial score (nSPS) is 15.6. The van der Waals surface area contributed by atoms with E-state index in [4.69, 9.17) is 0 Å². The largest absolute Gasteiger partial charge is 0.309 e. The van der Waals surface area contributed by atoms with Crippen LogP contribution < -0.4 is 0 Å². The lowest BCUT2D eigenvalue weighted by molar-refractivity contribution is 0.660. The number of hydrogen-bond donors (Lipinski definition) is 0. The van der Waals surface area contributed by atoms with Gasteiger partial charge in [0.25, 0.3) is 0 Å². The molecule has 2 aliphatic carbocycles. The van der Waals surface area contributed by atoms with Gasteiger partial charge in [0, 0.05) is 47.5 Å². The second-order valence-electron chi connectivity index (χ2n) is 13.8. The topological polar surface area (TPSA) is 4.93 Å². The van der Waals surface area contributed by atoms with E-state index in [1.165, 1.54) is 92.2 Å². The lowest BCUT2D eigenvalue weighted by Gasteiger charge is -2.22. The maximum absolute atomic E-state index is 2.55. The minimum absolute atomic E-state index is 0.0560. The molecule has 0 saturated carbocycles. The summed E-state index contributed by atoms with van der Waals surface area (Å²) in [5.74, 6) is 0. The van der Waals surface area contributed by atoms with E-state index >= 15 is 0 Å². The Kier molecular flexibility index (Phi) is 4.54. The average molecular weight is 582 g/mol. The van der Waals surface area contributed by atoms with Gasteiger partial charge < -0.3 is 4.57 Å². The van der Waals surface area contributed by atoms with Gasteiger partial charge in [-0.15, -0.1) is 11.3 Å². The third kappa shape index (κ3) is 2.95. The maximum Gasteiger partial charge on any atom is 0.0544 e. The number of hydrogen-bond acceptors (Lipinski definition) is 1. The molecular formula is C42H31NS. The van der Waals surface area contributed by atoms with Crippen LogP contribution in [0, 0.1) is 0 Å². The molecule has 1 nitrogen and oxygen atoms in total. The molecule has 0 atom stereocenters. The van der Waals surface area contributed by atoms with E-state index in [0.717, 1.165) is 0 Å². The molecule has 0 saturated heterocycles. The third-order valence-corrected chi connectivity index (χ3v) is 11.9. The monoisotopic (exact) mass is 581 g/mol. The van der Waals surface area contributed by atoms with Crippen LogP contribution in [0.5, 0.6) is 0 Å². The van der Waals surface area contributed by atoms with E-state index < -0.39 is 0 Å². The van der Waals surface area contributed by atoms with Crippen molar-refractivity contribution in [1.29, 1.82) is 0 Å². The van der Waals surface area contributed by atoms with Gasteiger partial charge in [-0.3, -0.25) is 0 Å². The summed E-state index contributed by atoms with van der Waals surface area (Å²) >= 11 is 1.89. The highest BCUT2D eigenvalue weighted by atomic mass is 32.1. The second kappa shape index (κ2) is 8.08. The van der Waals surface area contributed by atoms with Crippen molar-refractivity contribution < 1.29 is 0 Å². The Morgan fingerprint density at radius 1 is 0.432 bits per heavy atom. The van der Waals surface area contributed by atoms with Gasteiger partial charge in [-0.05, 0) is 87.0 Å². The Morgan fingerprint density at radius 2 is 0.955 bits per heavy atom. The van der Waals surface area contributed by atoms with Crippen molar-refractivity contribution in [3.05, 3.63) is 138 Å². The van der Waals surface area contributed by atoms with Crippen LogP contribution in [0.1, 0.15) is 49.9 Å². The summed E-state index contributed by atoms with van der Waals surface area (Å²) in [4.78, 5) is 0. The average Bonchev–Trinajstić information content (AvgIpc) is 3.70. The first-order chi connectivity index (χ1) is 21.3. The summed E-state index contributed by atoms with van der Waals surface area (Å²) in [6, 6.07) is 43.8. The van der Waals surface area contributed by atoms with Gasteiger partial charge >= 0.3 is 0 Å². The molecule has 2 aromatic heterocycles. The molecular weight excluding hydrogens is 551 g/mol. The number of rotatable bonds is 1. The first kappa shape index (κ1) is 24.7. The van der Waals surface area contributed by atoms with Gasteiger partial charge in [0.1, 0.15) is 0 Å². The molecule has 0 N–H and O–H groups in total. The van der Waals surface area contributed by atoms with Crippen molar-refractivity contribution in [2.75, 3.05) is 0 Å². The Balaban J connectivity index is 1.34. The number of thiophene rings is 1. The standard InChI is InChI=1S/C42H31NS/c1-41(2)33-14-8-5-11-25(33)29-20-31-32-21-30-26-12-6-9-15-34(26)42(3,4)36(30)23-38(32)43(37(31)22-35(29)41)24-17-18-28-27-13-7-10-16-39(27)44-40(28)19-24/h5-23H,1-4H3. The highest BCUT2D eigenvalue weighted by Crippen LogP contribution is 2.54. The van der Waals surface area contributed by atoms with Crippen LogP contribution in [0.2, 0.25) is 0 Å². The fourth-order valence-corrected chi connectivity index (χ4v) is 9.67. The molecule has 0 amide bonds. The molecule has 0 fully saturated rings. The zero-order valence-electron chi connectivity index (χ0n) is 25.3. The summed E-state index contributed by atoms with van der Waals surface area (Å²) in [6.45, 7) is 9.53. The highest BCUT2D eigenvalue weighted by molar-refractivity contribution is 7.25. The van der Waals surface area contributed by atoms with Crippen LogP contribution in [0.15, 0.2) is 115 Å². The quantitative estimate of drug-likeness (QED) is 0.182. The van der Waals surface area contributed by atoms with Crippen LogP contribution in [-0.4, -0.2) is 4.57 Å². The molecule has 0 aliphatic heterocycles. The van der Waals surface area contributed by atoms with Gasteiger partial charge in [-0.25, -0.2) is 0 Å². The fraction of sp³-hybridized carbons (Fsp3) is 0.143. The summed E-state index contributed by atoms with van der Waals surface area (Å²) in [7, 11) is 0. The Labute approximate surface area is 261 Å². The molecule has 2 aliphatic rings. The van der Waals surface area contributed by atoms with Crippen LogP contribution >= 0.6 is 11.3 Å². The van der Waals surface area contributed by atoms with E-state index in [2.05, 4.69) is 148 Å². The molecule has 10 rings (SSSR count). The molecule has 2 heteroatoms. The molecule has 210 valence electrons. The van der Waals surface area contributed by atoms with Gasteiger partial charge in [-0.1, -0.05) is 100 Å². The van der Waals surface area contributed by atoms with Crippen molar-refractivity contribution in [3.63, 3.8) is 0 Å². The lowest BCUT2D eigenvalue weighted by atomic mass is 9.82. The van der Waals surface area contributed by atoms with Crippen molar-refractivity contribution in [3.8, 4) is 27.9 Å². The van der Waals surface area contributed by atoms with E-state index in [1.54, 1.807) is 0 Å². The first-order valence-electron chi connectivity index (χ1n) is 15.6. The summed E-state index contributed by atoms with van der Waals surface area (Å²) in [6.07, 6.45) is 0. The van der Waals surface area contributed by atoms with Crippen molar-refractivity contribution >= 4 is 53.3 Å². The first-order valence-corrected chi connectivity index (χ1v) is 16.4. The Hall–Kier alpha value is -4.66. The second-order valence-corrected chi connectivity index (χ2v) is 14.9. The predicted molar refractivity (Wildman–Crippen MR) is 189 cm³/mol. The van der Waals surface area contributed by atoms with Crippen molar-refractivity contribution in [1.82, 2.24) is 4.57 Å². The number of fused-ring (bicyclic) bond motifs is 12. The van der Waals surface area contributed by atoms with Crippen LogP contribution in [-0.2, 0) is 10.8 Å². The van der Waals surface area contributed by atoms with Gasteiger partial charge in [0.05, 0.1) is 11.0 Å². The third-order valence-electron chi connectivity index (χ3n) is 10.8. The zero-order chi connectivity index (χ0) is 29.5. The van der Waals surface area contributed by atoms with E-state index in [-0.39, 0.29) is 10.8 Å². The fourth-order valence-electron chi connectivity index (χ4n) is 8.54. The number of benzene rings is 6. The number of aromatic nitrogens is 1. The Morgan fingerprint density at radius 3 is 1.57 bits per heavy atom. The summed E-state index contributed by atoms with van der Waals surface area (Å²) in [5, 5.41) is 5.33. The van der Waals surface area contributed by atoms with Crippen LogP contribution in [0.3, 0.4) is 0 Å². The van der Waals surface area contributed by atoms with Crippen molar-refractivity contribution in [2.45, 2.75) is 38.5 Å². The zero-order valence-corrected chi connectivity index (χ0v) is 26.1. The highest BCUT2D eigenvalue weighted by Gasteiger charge is 2.38. The van der Waals surface area contributed by atoms with Crippen molar-refractivity contribution in [2.24, 2.45) is 0 Å². The van der Waals surface area contributed by atoms with Crippen LogP contribution in [0.25, 0.3) is 69.9 Å². The van der Waals surface area contributed by atoms with E-state index in [0.29, 0.717) is 0 Å². The summed E-state index contributed by atoms with van der Waals surface area (Å²) < 4.78 is 5.23. The molecule has 0 unspecified atom stereocenters. The minimum Gasteiger partial charge on any atom is -0.309 e. The van der Waals surface area contributed by atoms with Gasteiger partial charge in [0.2, 0.25) is 0 Å². The van der Waals surface area contributed by atoms with Crippen LogP contribution in [0.4, 0.5) is 0 Å². The molecule has 0 spiro atoms. The molecule has 0 bridgehead atoms. The molecule has 6 aromatic carbocycles. The van der Waals surface area contributed by atoms with Gasteiger partial charge in [0.15, 0.2) is 0 Å². The smallest absolute Gasteiger partial charge is 0.0544 e. The predicted octanol–water partition coefficient (Wildman–Crippen LogP) is 11.8. The maximum atomic E-state index is 2.55. The summed E-state index contributed by atoms with van der Waals surface area (Å²) in [5.41, 5.74) is 14.8. The minimum atomic E-state index is -0.0560. The molecule has 2 heterocycles. The molecule has 0 radical (unpaired) electrons. The number of nitrogens with zero attached hydrogens (tertiary/aromatic N) is 1. The Bertz CT molecular complexity index is 2430. The van der Waals surface area contributed by atoms with E-state index in [1.807, 2.05) is 11.3 Å². The molecule has 44 heavy (non-hydrogen) atoms. The lowest BCUT2D eigenvalue weighted by Crippen LogP contribution is -2.15. The SMILES string of the molecule is CC1(C)c2ccccc2-c2cc3c4cc5c(cc4n(-c4ccc6c(c4)sc4ccccc46)c3cc21)C(C)(C)c1ccccc1-5. The van der Waals surface area contributed by atoms with Gasteiger partial charge in [-0.2, -0.15) is 0 Å².